The lowest BCUT2D eigenvalue weighted by atomic mass is 10.1. The first-order valence-corrected chi connectivity index (χ1v) is 10.9. The van der Waals surface area contributed by atoms with Gasteiger partial charge in [0.25, 0.3) is 0 Å². The van der Waals surface area contributed by atoms with Crippen molar-refractivity contribution in [2.45, 2.75) is 38.6 Å². The molecule has 28 heavy (non-hydrogen) atoms. The van der Waals surface area contributed by atoms with Gasteiger partial charge in [-0.05, 0) is 43.2 Å². The summed E-state index contributed by atoms with van der Waals surface area (Å²) >= 11 is 0. The van der Waals surface area contributed by atoms with Gasteiger partial charge in [-0.3, -0.25) is 4.79 Å². The van der Waals surface area contributed by atoms with Crippen molar-refractivity contribution in [2.75, 3.05) is 25.0 Å². The van der Waals surface area contributed by atoms with Crippen molar-refractivity contribution in [3.63, 3.8) is 0 Å². The molecule has 1 amide bonds. The summed E-state index contributed by atoms with van der Waals surface area (Å²) in [5.74, 6) is -0.123. The second kappa shape index (κ2) is 9.82. The highest BCUT2D eigenvalue weighted by molar-refractivity contribution is 7.89. The summed E-state index contributed by atoms with van der Waals surface area (Å²) in [5, 5.41) is 6.05. The summed E-state index contributed by atoms with van der Waals surface area (Å²) in [7, 11) is -3.46. The Morgan fingerprint density at radius 2 is 1.64 bits per heavy atom. The molecule has 152 valence electrons. The fraction of sp³-hybridized carbons (Fsp3) is 0.381. The number of carbonyl (C=O) groups is 1. The number of nitrogens with one attached hydrogen (secondary N) is 2. The van der Waals surface area contributed by atoms with Crippen LogP contribution in [0, 0.1) is 6.92 Å². The fourth-order valence-electron chi connectivity index (χ4n) is 2.91. The molecule has 0 fully saturated rings. The summed E-state index contributed by atoms with van der Waals surface area (Å²) in [6.07, 6.45) is 0. The fourth-order valence-corrected chi connectivity index (χ4v) is 4.37. The number of aryl methyl sites for hydroxylation is 1. The SMILES string of the molecule is CCN(CC)S(=O)(=O)c1ccc([C@H](C)NCC(=O)Nc2ccccc2C)cc1. The van der Waals surface area contributed by atoms with Crippen molar-refractivity contribution in [3.8, 4) is 0 Å². The predicted molar refractivity (Wildman–Crippen MR) is 113 cm³/mol. The highest BCUT2D eigenvalue weighted by Gasteiger charge is 2.21. The monoisotopic (exact) mass is 403 g/mol. The van der Waals surface area contributed by atoms with Crippen LogP contribution < -0.4 is 10.6 Å². The third kappa shape index (κ3) is 5.41. The molecule has 0 radical (unpaired) electrons. The van der Waals surface area contributed by atoms with Crippen molar-refractivity contribution < 1.29 is 13.2 Å². The minimum Gasteiger partial charge on any atom is -0.325 e. The van der Waals surface area contributed by atoms with Gasteiger partial charge in [-0.2, -0.15) is 4.31 Å². The Labute approximate surface area is 168 Å². The highest BCUT2D eigenvalue weighted by atomic mass is 32.2. The molecule has 2 aromatic rings. The molecule has 2 rings (SSSR count). The lowest BCUT2D eigenvalue weighted by Gasteiger charge is -2.19. The van der Waals surface area contributed by atoms with Crippen LogP contribution in [-0.2, 0) is 14.8 Å². The van der Waals surface area contributed by atoms with Gasteiger partial charge in [0.05, 0.1) is 11.4 Å². The van der Waals surface area contributed by atoms with Crippen LogP contribution in [0.1, 0.15) is 37.9 Å². The van der Waals surface area contributed by atoms with E-state index >= 15 is 0 Å². The second-order valence-corrected chi connectivity index (χ2v) is 8.56. The summed E-state index contributed by atoms with van der Waals surface area (Å²) in [6.45, 7) is 8.57. The molecule has 0 aromatic heterocycles. The van der Waals surface area contributed by atoms with E-state index in [1.807, 2.05) is 52.0 Å². The van der Waals surface area contributed by atoms with Gasteiger partial charge in [0.1, 0.15) is 0 Å². The first-order chi connectivity index (χ1) is 13.3. The van der Waals surface area contributed by atoms with Crippen molar-refractivity contribution in [2.24, 2.45) is 0 Å². The number of amides is 1. The zero-order valence-corrected chi connectivity index (χ0v) is 17.7. The van der Waals surface area contributed by atoms with E-state index in [1.165, 1.54) is 4.31 Å². The van der Waals surface area contributed by atoms with Gasteiger partial charge < -0.3 is 10.6 Å². The lowest BCUT2D eigenvalue weighted by Crippen LogP contribution is -2.31. The standard InChI is InChI=1S/C21H29N3O3S/c1-5-24(6-2)28(26,27)19-13-11-18(12-14-19)17(4)22-15-21(25)23-20-10-8-7-9-16(20)3/h7-14,17,22H,5-6,15H2,1-4H3,(H,23,25)/t17-/m0/s1. The van der Waals surface area contributed by atoms with Crippen LogP contribution in [0.15, 0.2) is 53.4 Å². The number of benzene rings is 2. The number of carbonyl (C=O) groups excluding carboxylic acids is 1. The smallest absolute Gasteiger partial charge is 0.243 e. The van der Waals surface area contributed by atoms with Crippen LogP contribution in [0.2, 0.25) is 0 Å². The van der Waals surface area contributed by atoms with Crippen molar-refractivity contribution >= 4 is 21.6 Å². The number of hydrogen-bond acceptors (Lipinski definition) is 4. The molecule has 6 nitrogen and oxygen atoms in total. The lowest BCUT2D eigenvalue weighted by molar-refractivity contribution is -0.115. The molecule has 0 saturated carbocycles. The van der Waals surface area contributed by atoms with Crippen LogP contribution in [0.4, 0.5) is 5.69 Å². The highest BCUT2D eigenvalue weighted by Crippen LogP contribution is 2.19. The van der Waals surface area contributed by atoms with E-state index in [2.05, 4.69) is 10.6 Å². The van der Waals surface area contributed by atoms with Gasteiger partial charge in [0.2, 0.25) is 15.9 Å². The largest absolute Gasteiger partial charge is 0.325 e. The number of anilines is 1. The molecule has 0 aliphatic heterocycles. The zero-order valence-electron chi connectivity index (χ0n) is 16.9. The average molecular weight is 404 g/mol. The molecular weight excluding hydrogens is 374 g/mol. The zero-order chi connectivity index (χ0) is 20.7. The van der Waals surface area contributed by atoms with Crippen molar-refractivity contribution in [1.82, 2.24) is 9.62 Å². The molecule has 2 N–H and O–H groups in total. The number of hydrogen-bond donors (Lipinski definition) is 2. The van der Waals surface area contributed by atoms with E-state index in [4.69, 9.17) is 0 Å². The molecular formula is C21H29N3O3S. The van der Waals surface area contributed by atoms with Crippen LogP contribution in [-0.4, -0.2) is 38.3 Å². The quantitative estimate of drug-likeness (QED) is 0.673. The Bertz CT molecular complexity index is 891. The predicted octanol–water partition coefficient (Wildman–Crippen LogP) is 3.31. The summed E-state index contributed by atoms with van der Waals surface area (Å²) < 4.78 is 26.5. The molecule has 0 bridgehead atoms. The van der Waals surface area contributed by atoms with E-state index in [0.29, 0.717) is 13.1 Å². The van der Waals surface area contributed by atoms with E-state index in [0.717, 1.165) is 16.8 Å². The summed E-state index contributed by atoms with van der Waals surface area (Å²) in [6, 6.07) is 14.3. The van der Waals surface area contributed by atoms with Gasteiger partial charge in [0, 0.05) is 24.8 Å². The summed E-state index contributed by atoms with van der Waals surface area (Å²) in [5.41, 5.74) is 2.73. The minimum atomic E-state index is -3.46. The Hall–Kier alpha value is -2.22. The Morgan fingerprint density at radius 1 is 1.04 bits per heavy atom. The molecule has 7 heteroatoms. The van der Waals surface area contributed by atoms with Gasteiger partial charge in [0.15, 0.2) is 0 Å². The topological polar surface area (TPSA) is 78.5 Å². The van der Waals surface area contributed by atoms with Gasteiger partial charge in [-0.25, -0.2) is 8.42 Å². The first kappa shape index (κ1) is 22.1. The number of sulfonamides is 1. The maximum Gasteiger partial charge on any atom is 0.243 e. The minimum absolute atomic E-state index is 0.0900. The van der Waals surface area contributed by atoms with Crippen LogP contribution in [0.5, 0.6) is 0 Å². The normalized spacial score (nSPS) is 12.8. The first-order valence-electron chi connectivity index (χ1n) is 9.48. The number of nitrogens with zero attached hydrogens (tertiary/aromatic N) is 1. The second-order valence-electron chi connectivity index (χ2n) is 6.62. The molecule has 0 heterocycles. The van der Waals surface area contributed by atoms with Crippen molar-refractivity contribution in [3.05, 3.63) is 59.7 Å². The van der Waals surface area contributed by atoms with E-state index in [-0.39, 0.29) is 23.4 Å². The maximum absolute atomic E-state index is 12.5. The van der Waals surface area contributed by atoms with Gasteiger partial charge in [-0.1, -0.05) is 44.2 Å². The summed E-state index contributed by atoms with van der Waals surface area (Å²) in [4.78, 5) is 12.5. The van der Waals surface area contributed by atoms with Gasteiger partial charge >= 0.3 is 0 Å². The molecule has 0 unspecified atom stereocenters. The molecule has 1 atom stereocenters. The number of para-hydroxylation sites is 1. The van der Waals surface area contributed by atoms with E-state index < -0.39 is 10.0 Å². The molecule has 0 spiro atoms. The average Bonchev–Trinajstić information content (AvgIpc) is 2.68. The van der Waals surface area contributed by atoms with Crippen LogP contribution in [0.3, 0.4) is 0 Å². The van der Waals surface area contributed by atoms with Crippen molar-refractivity contribution in [1.29, 1.82) is 0 Å². The number of rotatable bonds is 9. The molecule has 0 saturated heterocycles. The van der Waals surface area contributed by atoms with Gasteiger partial charge in [-0.15, -0.1) is 0 Å². The van der Waals surface area contributed by atoms with Crippen LogP contribution in [0.25, 0.3) is 0 Å². The molecule has 0 aliphatic rings. The Kier molecular flexibility index (Phi) is 7.74. The van der Waals surface area contributed by atoms with Crippen LogP contribution >= 0.6 is 0 Å². The van der Waals surface area contributed by atoms with E-state index in [1.54, 1.807) is 24.3 Å². The third-order valence-corrected chi connectivity index (χ3v) is 6.78. The Morgan fingerprint density at radius 3 is 2.21 bits per heavy atom. The molecule has 0 aliphatic carbocycles. The third-order valence-electron chi connectivity index (χ3n) is 4.71. The Balaban J connectivity index is 1.97. The van der Waals surface area contributed by atoms with E-state index in [9.17, 15) is 13.2 Å². The maximum atomic E-state index is 12.5. The molecule has 2 aromatic carbocycles.